The molecule has 0 unspecified atom stereocenters. The molecule has 5 rings (SSSR count). The Morgan fingerprint density at radius 3 is 3.00 bits per heavy atom. The number of hydrogen-bond acceptors (Lipinski definition) is 7. The van der Waals surface area contributed by atoms with Crippen molar-refractivity contribution in [2.24, 2.45) is 0 Å². The molecule has 3 heterocycles. The van der Waals surface area contributed by atoms with Crippen molar-refractivity contribution in [1.82, 2.24) is 30.2 Å². The Kier molecular flexibility index (Phi) is 2.78. The van der Waals surface area contributed by atoms with Gasteiger partial charge >= 0.3 is 0 Å². The van der Waals surface area contributed by atoms with Gasteiger partial charge < -0.3 is 0 Å². The molecule has 6 nitrogen and oxygen atoms in total. The quantitative estimate of drug-likeness (QED) is 0.688. The van der Waals surface area contributed by atoms with Crippen molar-refractivity contribution in [3.05, 3.63) is 16.3 Å². The molecule has 0 bridgehead atoms. The van der Waals surface area contributed by atoms with Gasteiger partial charge in [-0.1, -0.05) is 0 Å². The molecule has 0 saturated heterocycles. The van der Waals surface area contributed by atoms with E-state index in [2.05, 4.69) is 20.5 Å². The Labute approximate surface area is 135 Å². The first-order valence-corrected chi connectivity index (χ1v) is 9.17. The van der Waals surface area contributed by atoms with Crippen LogP contribution in [0.4, 0.5) is 0 Å². The number of rotatable bonds is 3. The molecule has 1 saturated carbocycles. The van der Waals surface area contributed by atoms with Gasteiger partial charge in [0, 0.05) is 10.3 Å². The number of hydrogen-bond donors (Lipinski definition) is 0. The summed E-state index contributed by atoms with van der Waals surface area (Å²) in [5.74, 6) is 0.820. The molecule has 3 aromatic rings. The van der Waals surface area contributed by atoms with E-state index in [0.29, 0.717) is 6.04 Å². The molecular weight excluding hydrogens is 316 g/mol. The summed E-state index contributed by atoms with van der Waals surface area (Å²) in [5, 5.41) is 15.3. The third-order valence-electron chi connectivity index (χ3n) is 4.19. The number of aryl methyl sites for hydroxylation is 3. The van der Waals surface area contributed by atoms with Gasteiger partial charge in [0.05, 0.1) is 6.04 Å². The number of fused-ring (bicyclic) bond motifs is 3. The smallest absolute Gasteiger partial charge is 0.215 e. The summed E-state index contributed by atoms with van der Waals surface area (Å²) in [6.45, 7) is 1.96. The van der Waals surface area contributed by atoms with Crippen LogP contribution < -0.4 is 0 Å². The maximum Gasteiger partial charge on any atom is 0.215 e. The Morgan fingerprint density at radius 1 is 1.23 bits per heavy atom. The van der Waals surface area contributed by atoms with Gasteiger partial charge in [-0.25, -0.2) is 14.6 Å². The van der Waals surface area contributed by atoms with E-state index >= 15 is 0 Å². The van der Waals surface area contributed by atoms with E-state index in [1.807, 2.05) is 22.9 Å². The van der Waals surface area contributed by atoms with E-state index in [1.165, 1.54) is 41.5 Å². The lowest BCUT2D eigenvalue weighted by molar-refractivity contribution is 0.565. The molecule has 0 aliphatic heterocycles. The molecule has 22 heavy (non-hydrogen) atoms. The van der Waals surface area contributed by atoms with Crippen LogP contribution in [0, 0.1) is 6.92 Å². The van der Waals surface area contributed by atoms with Crippen LogP contribution in [0.15, 0.2) is 10.2 Å². The highest BCUT2D eigenvalue weighted by Crippen LogP contribution is 2.43. The van der Waals surface area contributed by atoms with Crippen molar-refractivity contribution in [2.45, 2.75) is 55.3 Å². The van der Waals surface area contributed by atoms with E-state index in [-0.39, 0.29) is 0 Å². The zero-order valence-corrected chi connectivity index (χ0v) is 13.7. The molecule has 0 spiro atoms. The summed E-state index contributed by atoms with van der Waals surface area (Å²) in [7, 11) is 0. The second-order valence-corrected chi connectivity index (χ2v) is 7.89. The predicted octanol–water partition coefficient (Wildman–Crippen LogP) is 2.96. The topological polar surface area (TPSA) is 69.4 Å². The molecule has 3 aromatic heterocycles. The third-order valence-corrected chi connectivity index (χ3v) is 6.31. The van der Waals surface area contributed by atoms with Crippen LogP contribution in [-0.4, -0.2) is 30.2 Å². The molecule has 1 fully saturated rings. The highest BCUT2D eigenvalue weighted by molar-refractivity contribution is 7.99. The van der Waals surface area contributed by atoms with Gasteiger partial charge in [0.25, 0.3) is 0 Å². The Hall–Kier alpha value is -1.54. The monoisotopic (exact) mass is 330 g/mol. The molecule has 112 valence electrons. The first kappa shape index (κ1) is 13.0. The van der Waals surface area contributed by atoms with Gasteiger partial charge in [-0.15, -0.1) is 16.4 Å². The summed E-state index contributed by atoms with van der Waals surface area (Å²) in [5.41, 5.74) is 1.45. The van der Waals surface area contributed by atoms with Gasteiger partial charge in [0.15, 0.2) is 0 Å². The van der Waals surface area contributed by atoms with E-state index < -0.39 is 0 Å². The Morgan fingerprint density at radius 2 is 2.14 bits per heavy atom. The van der Waals surface area contributed by atoms with Gasteiger partial charge in [0.2, 0.25) is 5.16 Å². The highest BCUT2D eigenvalue weighted by atomic mass is 32.2. The van der Waals surface area contributed by atoms with E-state index in [0.717, 1.165) is 27.3 Å². The number of nitrogens with zero attached hydrogens (tertiary/aromatic N) is 6. The van der Waals surface area contributed by atoms with Crippen LogP contribution in [-0.2, 0) is 12.8 Å². The van der Waals surface area contributed by atoms with Crippen molar-refractivity contribution >= 4 is 33.3 Å². The van der Waals surface area contributed by atoms with E-state index in [9.17, 15) is 0 Å². The van der Waals surface area contributed by atoms with Crippen molar-refractivity contribution in [1.29, 1.82) is 0 Å². The Bertz CT molecular complexity index is 879. The highest BCUT2D eigenvalue weighted by Gasteiger charge is 2.29. The van der Waals surface area contributed by atoms with Crippen LogP contribution in [0.1, 0.15) is 41.6 Å². The van der Waals surface area contributed by atoms with Crippen LogP contribution in [0.25, 0.3) is 10.2 Å². The van der Waals surface area contributed by atoms with Crippen molar-refractivity contribution in [2.75, 3.05) is 0 Å². The van der Waals surface area contributed by atoms with Gasteiger partial charge in [-0.2, -0.15) is 0 Å². The average molecular weight is 330 g/mol. The average Bonchev–Trinajstić information content (AvgIpc) is 2.91. The van der Waals surface area contributed by atoms with Gasteiger partial charge in [-0.05, 0) is 66.8 Å². The minimum absolute atomic E-state index is 0.476. The second-order valence-electron chi connectivity index (χ2n) is 5.85. The maximum atomic E-state index is 4.70. The van der Waals surface area contributed by atoms with E-state index in [4.69, 9.17) is 4.98 Å². The fourth-order valence-electron chi connectivity index (χ4n) is 3.03. The van der Waals surface area contributed by atoms with Crippen LogP contribution >= 0.6 is 23.1 Å². The largest absolute Gasteiger partial charge is 0.226 e. The molecular formula is C14H14N6S2. The fraction of sp³-hybridized carbons (Fsp3) is 0.500. The molecule has 0 N–H and O–H groups in total. The summed E-state index contributed by atoms with van der Waals surface area (Å²) < 4.78 is 1.94. The first-order valence-electron chi connectivity index (χ1n) is 7.54. The lowest BCUT2D eigenvalue weighted by Crippen LogP contribution is -1.99. The summed E-state index contributed by atoms with van der Waals surface area (Å²) >= 11 is 3.41. The maximum absolute atomic E-state index is 4.70. The minimum Gasteiger partial charge on any atom is -0.226 e. The van der Waals surface area contributed by atoms with Gasteiger partial charge in [-0.3, -0.25) is 0 Å². The molecule has 0 amide bonds. The van der Waals surface area contributed by atoms with Crippen LogP contribution in [0.5, 0.6) is 0 Å². The standard InChI is InChI=1S/C14H14N6S2/c1-7-15-12-11(9-3-2-4-10(9)21-12)13(16-7)22-14-17-18-19-20(14)8-5-6-8/h8H,2-6H2,1H3. The lowest BCUT2D eigenvalue weighted by atomic mass is 10.2. The summed E-state index contributed by atoms with van der Waals surface area (Å²) in [6.07, 6.45) is 5.91. The zero-order chi connectivity index (χ0) is 14.7. The van der Waals surface area contributed by atoms with Crippen molar-refractivity contribution < 1.29 is 0 Å². The lowest BCUT2D eigenvalue weighted by Gasteiger charge is -2.05. The molecule has 2 aliphatic rings. The summed E-state index contributed by atoms with van der Waals surface area (Å²) in [6, 6.07) is 0.476. The molecule has 2 aliphatic carbocycles. The molecule has 0 atom stereocenters. The molecule has 0 radical (unpaired) electrons. The number of thiophene rings is 1. The number of tetrazole rings is 1. The Balaban J connectivity index is 1.65. The SMILES string of the molecule is Cc1nc(Sc2nnnn2C2CC2)c2c3c(sc2n1)CCC3. The third kappa shape index (κ3) is 1.97. The van der Waals surface area contributed by atoms with Gasteiger partial charge in [0.1, 0.15) is 15.7 Å². The van der Waals surface area contributed by atoms with Crippen LogP contribution in [0.2, 0.25) is 0 Å². The first-order chi connectivity index (χ1) is 10.8. The van der Waals surface area contributed by atoms with Crippen molar-refractivity contribution in [3.8, 4) is 0 Å². The zero-order valence-electron chi connectivity index (χ0n) is 12.1. The van der Waals surface area contributed by atoms with Crippen LogP contribution in [0.3, 0.4) is 0 Å². The normalized spacial score (nSPS) is 17.3. The predicted molar refractivity (Wildman–Crippen MR) is 84.4 cm³/mol. The number of aromatic nitrogens is 6. The molecule has 8 heteroatoms. The molecule has 0 aromatic carbocycles. The second kappa shape index (κ2) is 4.73. The fourth-order valence-corrected chi connectivity index (χ4v) is 5.43. The minimum atomic E-state index is 0.476. The van der Waals surface area contributed by atoms with Crippen molar-refractivity contribution in [3.63, 3.8) is 0 Å². The summed E-state index contributed by atoms with van der Waals surface area (Å²) in [4.78, 5) is 11.9. The van der Waals surface area contributed by atoms with E-state index in [1.54, 1.807) is 11.8 Å².